The van der Waals surface area contributed by atoms with E-state index in [4.69, 9.17) is 4.42 Å². The minimum absolute atomic E-state index is 0.0367. The van der Waals surface area contributed by atoms with Gasteiger partial charge in [0.25, 0.3) is 5.91 Å². The van der Waals surface area contributed by atoms with Crippen molar-refractivity contribution in [3.8, 4) is 0 Å². The molecule has 1 atom stereocenters. The molecule has 2 heterocycles. The van der Waals surface area contributed by atoms with Crippen LogP contribution in [0.15, 0.2) is 10.5 Å². The molecular weight excluding hydrogens is 310 g/mol. The van der Waals surface area contributed by atoms with E-state index in [2.05, 4.69) is 10.9 Å². The van der Waals surface area contributed by atoms with E-state index < -0.39 is 11.8 Å². The van der Waals surface area contributed by atoms with Crippen molar-refractivity contribution < 1.29 is 18.8 Å². The molecule has 1 aliphatic heterocycles. The molecule has 7 nitrogen and oxygen atoms in total. The van der Waals surface area contributed by atoms with Crippen LogP contribution >= 0.6 is 0 Å². The highest BCUT2D eigenvalue weighted by atomic mass is 16.3. The van der Waals surface area contributed by atoms with Crippen molar-refractivity contribution in [2.24, 2.45) is 5.92 Å². The van der Waals surface area contributed by atoms with E-state index in [-0.39, 0.29) is 24.3 Å². The van der Waals surface area contributed by atoms with Crippen LogP contribution < -0.4 is 10.9 Å². The summed E-state index contributed by atoms with van der Waals surface area (Å²) in [6, 6.07) is 1.90. The van der Waals surface area contributed by atoms with Crippen LogP contribution in [0.4, 0.5) is 0 Å². The molecule has 0 spiro atoms. The monoisotopic (exact) mass is 333 g/mol. The minimum Gasteiger partial charge on any atom is -0.466 e. The lowest BCUT2D eigenvalue weighted by Crippen LogP contribution is -2.45. The standard InChI is InChI=1S/C17H23N3O4/c1-10-7-14(11(2)24-10)17(23)19-18-16(22)12-8-15(21)20(9-12)13-5-3-4-6-13/h7,12-13H,3-6,8-9H2,1-2H3,(H,18,22)(H,19,23)/t12-/m1/s1. The largest absolute Gasteiger partial charge is 0.466 e. The first kappa shape index (κ1) is 16.5. The Hall–Kier alpha value is -2.31. The molecule has 1 aromatic rings. The summed E-state index contributed by atoms with van der Waals surface area (Å²) in [5.41, 5.74) is 5.22. The lowest BCUT2D eigenvalue weighted by Gasteiger charge is -2.23. The Labute approximate surface area is 140 Å². The SMILES string of the molecule is Cc1cc(C(=O)NNC(=O)[C@@H]2CC(=O)N(C3CCCC3)C2)c(C)o1. The van der Waals surface area contributed by atoms with Crippen molar-refractivity contribution >= 4 is 17.7 Å². The topological polar surface area (TPSA) is 91.7 Å². The van der Waals surface area contributed by atoms with Gasteiger partial charge in [0.2, 0.25) is 11.8 Å². The third-order valence-electron chi connectivity index (χ3n) is 4.88. The van der Waals surface area contributed by atoms with Gasteiger partial charge in [-0.15, -0.1) is 0 Å². The number of carbonyl (C=O) groups is 3. The fourth-order valence-electron chi connectivity index (χ4n) is 3.62. The van der Waals surface area contributed by atoms with Crippen molar-refractivity contribution in [2.75, 3.05) is 6.54 Å². The maximum atomic E-state index is 12.2. The second kappa shape index (κ2) is 6.67. The van der Waals surface area contributed by atoms with Gasteiger partial charge in [0, 0.05) is 19.0 Å². The van der Waals surface area contributed by atoms with E-state index >= 15 is 0 Å². The predicted molar refractivity (Wildman–Crippen MR) is 85.9 cm³/mol. The van der Waals surface area contributed by atoms with E-state index in [1.807, 2.05) is 4.90 Å². The van der Waals surface area contributed by atoms with Crippen molar-refractivity contribution in [1.82, 2.24) is 15.8 Å². The van der Waals surface area contributed by atoms with Gasteiger partial charge < -0.3 is 9.32 Å². The van der Waals surface area contributed by atoms with Gasteiger partial charge in [-0.05, 0) is 32.8 Å². The molecule has 1 aliphatic carbocycles. The molecule has 2 aliphatic rings. The van der Waals surface area contributed by atoms with Gasteiger partial charge in [-0.2, -0.15) is 0 Å². The Morgan fingerprint density at radius 2 is 1.92 bits per heavy atom. The molecule has 0 aromatic carbocycles. The average molecular weight is 333 g/mol. The Morgan fingerprint density at radius 3 is 2.54 bits per heavy atom. The lowest BCUT2D eigenvalue weighted by atomic mass is 10.1. The van der Waals surface area contributed by atoms with Gasteiger partial charge in [0.05, 0.1) is 11.5 Å². The van der Waals surface area contributed by atoms with Crippen LogP contribution in [0, 0.1) is 19.8 Å². The van der Waals surface area contributed by atoms with E-state index in [1.165, 1.54) is 0 Å². The van der Waals surface area contributed by atoms with Crippen LogP contribution in [0.5, 0.6) is 0 Å². The molecule has 2 N–H and O–H groups in total. The number of furan rings is 1. The summed E-state index contributed by atoms with van der Waals surface area (Å²) in [4.78, 5) is 38.3. The lowest BCUT2D eigenvalue weighted by molar-refractivity contribution is -0.130. The summed E-state index contributed by atoms with van der Waals surface area (Å²) in [7, 11) is 0. The zero-order valence-electron chi connectivity index (χ0n) is 14.1. The fourth-order valence-corrected chi connectivity index (χ4v) is 3.62. The summed E-state index contributed by atoms with van der Waals surface area (Å²) < 4.78 is 5.30. The predicted octanol–water partition coefficient (Wildman–Crippen LogP) is 1.45. The minimum atomic E-state index is -0.422. The quantitative estimate of drug-likeness (QED) is 0.819. The van der Waals surface area contributed by atoms with Crippen LogP contribution in [-0.4, -0.2) is 35.2 Å². The number of hydrogen-bond acceptors (Lipinski definition) is 4. The van der Waals surface area contributed by atoms with E-state index in [0.717, 1.165) is 25.7 Å². The van der Waals surface area contributed by atoms with Gasteiger partial charge in [0.1, 0.15) is 11.5 Å². The zero-order valence-corrected chi connectivity index (χ0v) is 14.1. The Balaban J connectivity index is 1.53. The average Bonchev–Trinajstić information content (AvgIpc) is 3.24. The molecule has 1 saturated carbocycles. The first-order chi connectivity index (χ1) is 11.5. The molecule has 3 amide bonds. The molecule has 130 valence electrons. The van der Waals surface area contributed by atoms with Crippen molar-refractivity contribution in [3.05, 3.63) is 23.2 Å². The second-order valence-electron chi connectivity index (χ2n) is 6.66. The van der Waals surface area contributed by atoms with Gasteiger partial charge in [-0.1, -0.05) is 12.8 Å². The number of aryl methyl sites for hydroxylation is 2. The number of likely N-dealkylation sites (tertiary alicyclic amines) is 1. The first-order valence-electron chi connectivity index (χ1n) is 8.42. The van der Waals surface area contributed by atoms with Crippen molar-refractivity contribution in [3.63, 3.8) is 0 Å². The van der Waals surface area contributed by atoms with Crippen LogP contribution in [0.25, 0.3) is 0 Å². The molecule has 2 fully saturated rings. The number of nitrogens with one attached hydrogen (secondary N) is 2. The Kier molecular flexibility index (Phi) is 4.59. The number of hydrogen-bond donors (Lipinski definition) is 2. The highest BCUT2D eigenvalue weighted by Crippen LogP contribution is 2.29. The summed E-state index contributed by atoms with van der Waals surface area (Å²) in [5, 5.41) is 0. The maximum Gasteiger partial charge on any atom is 0.273 e. The zero-order chi connectivity index (χ0) is 17.3. The highest BCUT2D eigenvalue weighted by Gasteiger charge is 2.38. The van der Waals surface area contributed by atoms with Crippen LogP contribution in [0.2, 0.25) is 0 Å². The Morgan fingerprint density at radius 1 is 1.21 bits per heavy atom. The highest BCUT2D eigenvalue weighted by molar-refractivity contribution is 5.97. The van der Waals surface area contributed by atoms with Gasteiger partial charge in [0.15, 0.2) is 0 Å². The molecule has 1 saturated heterocycles. The van der Waals surface area contributed by atoms with E-state index in [9.17, 15) is 14.4 Å². The summed E-state index contributed by atoms with van der Waals surface area (Å²) >= 11 is 0. The van der Waals surface area contributed by atoms with Gasteiger partial charge in [-0.25, -0.2) is 0 Å². The number of amides is 3. The number of carbonyl (C=O) groups excluding carboxylic acids is 3. The van der Waals surface area contributed by atoms with Crippen LogP contribution in [0.1, 0.15) is 54.0 Å². The third-order valence-corrected chi connectivity index (χ3v) is 4.88. The van der Waals surface area contributed by atoms with E-state index in [1.54, 1.807) is 19.9 Å². The van der Waals surface area contributed by atoms with Crippen molar-refractivity contribution in [2.45, 2.75) is 52.0 Å². The first-order valence-corrected chi connectivity index (χ1v) is 8.42. The number of hydrazine groups is 1. The molecule has 1 aromatic heterocycles. The summed E-state index contributed by atoms with van der Waals surface area (Å²) in [5.74, 6) is 0.0188. The van der Waals surface area contributed by atoms with Gasteiger partial charge >= 0.3 is 0 Å². The maximum absolute atomic E-state index is 12.2. The van der Waals surface area contributed by atoms with Gasteiger partial charge in [-0.3, -0.25) is 25.2 Å². The van der Waals surface area contributed by atoms with Crippen LogP contribution in [-0.2, 0) is 9.59 Å². The molecule has 3 rings (SSSR count). The molecule has 0 unspecified atom stereocenters. The van der Waals surface area contributed by atoms with Crippen molar-refractivity contribution in [1.29, 1.82) is 0 Å². The number of rotatable bonds is 3. The molecule has 7 heteroatoms. The fraction of sp³-hybridized carbons (Fsp3) is 0.588. The molecule has 24 heavy (non-hydrogen) atoms. The van der Waals surface area contributed by atoms with Crippen LogP contribution in [0.3, 0.4) is 0 Å². The summed E-state index contributed by atoms with van der Waals surface area (Å²) in [6.45, 7) is 3.89. The third kappa shape index (κ3) is 3.29. The Bertz CT molecular complexity index is 661. The molecular formula is C17H23N3O4. The summed E-state index contributed by atoms with van der Waals surface area (Å²) in [6.07, 6.45) is 4.55. The van der Waals surface area contributed by atoms with E-state index in [0.29, 0.717) is 23.6 Å². The molecule has 0 bridgehead atoms. The second-order valence-corrected chi connectivity index (χ2v) is 6.66. The smallest absolute Gasteiger partial charge is 0.273 e. The number of nitrogens with zero attached hydrogens (tertiary/aromatic N) is 1. The normalized spacial score (nSPS) is 21.3. The molecule has 0 radical (unpaired) electrons.